The Labute approximate surface area is 205 Å². The summed E-state index contributed by atoms with van der Waals surface area (Å²) in [4.78, 5) is 33.5. The summed E-state index contributed by atoms with van der Waals surface area (Å²) in [6, 6.07) is 12.8. The molecule has 3 aromatic rings. The molecule has 1 aromatic heterocycles. The van der Waals surface area contributed by atoms with Crippen molar-refractivity contribution in [2.75, 3.05) is 20.0 Å². The van der Waals surface area contributed by atoms with E-state index >= 15 is 0 Å². The molecule has 0 N–H and O–H groups in total. The second-order valence-electron chi connectivity index (χ2n) is 8.20. The van der Waals surface area contributed by atoms with Gasteiger partial charge in [0.2, 0.25) is 5.91 Å². The Balaban J connectivity index is 2.07. The van der Waals surface area contributed by atoms with Crippen molar-refractivity contribution in [2.24, 2.45) is 0 Å². The molecule has 0 fully saturated rings. The van der Waals surface area contributed by atoms with E-state index in [-0.39, 0.29) is 29.3 Å². The minimum atomic E-state index is -0.200. The van der Waals surface area contributed by atoms with Crippen molar-refractivity contribution in [2.45, 2.75) is 57.8 Å². The van der Waals surface area contributed by atoms with Crippen molar-refractivity contribution >= 4 is 28.6 Å². The molecule has 0 aliphatic carbocycles. The molecular formula is C26H33N3O4S. The third-order valence-electron chi connectivity index (χ3n) is 6.11. The van der Waals surface area contributed by atoms with E-state index in [0.717, 1.165) is 12.8 Å². The van der Waals surface area contributed by atoms with Crippen LogP contribution in [0.4, 0.5) is 0 Å². The molecule has 0 saturated heterocycles. The molecule has 0 spiro atoms. The zero-order valence-electron chi connectivity index (χ0n) is 20.7. The molecule has 182 valence electrons. The summed E-state index contributed by atoms with van der Waals surface area (Å²) in [6.07, 6.45) is 1.76. The second-order valence-corrected chi connectivity index (χ2v) is 9.14. The average Bonchev–Trinajstić information content (AvgIpc) is 2.86. The van der Waals surface area contributed by atoms with Crippen molar-refractivity contribution < 1.29 is 14.3 Å². The van der Waals surface area contributed by atoms with E-state index in [9.17, 15) is 9.59 Å². The molecule has 0 aliphatic rings. The lowest BCUT2D eigenvalue weighted by molar-refractivity contribution is -0.132. The molecule has 0 unspecified atom stereocenters. The maximum Gasteiger partial charge on any atom is 0.266 e. The number of carbonyl (C=O) groups excluding carboxylic acids is 1. The quantitative estimate of drug-likeness (QED) is 0.301. The minimum Gasteiger partial charge on any atom is -0.493 e. The molecule has 7 nitrogen and oxygen atoms in total. The number of para-hydroxylation sites is 1. The number of hydrogen-bond donors (Lipinski definition) is 0. The zero-order valence-corrected chi connectivity index (χ0v) is 21.5. The van der Waals surface area contributed by atoms with Gasteiger partial charge in [0.05, 0.1) is 36.6 Å². The molecule has 8 heteroatoms. The van der Waals surface area contributed by atoms with Gasteiger partial charge in [0, 0.05) is 18.2 Å². The van der Waals surface area contributed by atoms with E-state index in [4.69, 9.17) is 14.5 Å². The Morgan fingerprint density at radius 2 is 1.68 bits per heavy atom. The number of thioether (sulfide) groups is 1. The van der Waals surface area contributed by atoms with Gasteiger partial charge in [-0.15, -0.1) is 0 Å². The summed E-state index contributed by atoms with van der Waals surface area (Å²) in [5, 5.41) is 0.964. The number of ether oxygens (including phenoxy) is 2. The van der Waals surface area contributed by atoms with Gasteiger partial charge in [-0.3, -0.25) is 14.2 Å². The van der Waals surface area contributed by atoms with E-state index in [1.54, 1.807) is 43.1 Å². The first-order chi connectivity index (χ1) is 16.4. The molecule has 0 radical (unpaired) electrons. The van der Waals surface area contributed by atoms with Gasteiger partial charge in [-0.1, -0.05) is 37.7 Å². The fourth-order valence-electron chi connectivity index (χ4n) is 3.92. The number of methoxy groups -OCH3 is 2. The van der Waals surface area contributed by atoms with Crippen molar-refractivity contribution in [1.82, 2.24) is 14.5 Å². The van der Waals surface area contributed by atoms with Crippen LogP contribution in [-0.2, 0) is 4.79 Å². The van der Waals surface area contributed by atoms with Crippen LogP contribution in [-0.4, -0.2) is 52.4 Å². The topological polar surface area (TPSA) is 73.7 Å². The molecule has 2 atom stereocenters. The van der Waals surface area contributed by atoms with Gasteiger partial charge in [-0.2, -0.15) is 0 Å². The van der Waals surface area contributed by atoms with Gasteiger partial charge >= 0.3 is 0 Å². The summed E-state index contributed by atoms with van der Waals surface area (Å²) in [7, 11) is 3.12. The van der Waals surface area contributed by atoms with Gasteiger partial charge in [0.15, 0.2) is 16.7 Å². The van der Waals surface area contributed by atoms with Gasteiger partial charge in [-0.05, 0) is 51.0 Å². The van der Waals surface area contributed by atoms with Gasteiger partial charge in [0.25, 0.3) is 5.56 Å². The summed E-state index contributed by atoms with van der Waals surface area (Å²) >= 11 is 1.28. The largest absolute Gasteiger partial charge is 0.493 e. The first-order valence-corrected chi connectivity index (χ1v) is 12.5. The Bertz CT molecular complexity index is 1200. The SMILES string of the molecule is CC[C@H](C)N(C(=O)CSc1nc2ccccc2c(=O)n1-c1ccc(OC)c(OC)c1)[C@@H](C)CC. The number of amides is 1. The third kappa shape index (κ3) is 5.22. The van der Waals surface area contributed by atoms with Crippen LogP contribution in [0.1, 0.15) is 40.5 Å². The van der Waals surface area contributed by atoms with E-state index < -0.39 is 0 Å². The number of benzene rings is 2. The summed E-state index contributed by atoms with van der Waals surface area (Å²) < 4.78 is 12.3. The molecule has 1 amide bonds. The van der Waals surface area contributed by atoms with Gasteiger partial charge < -0.3 is 14.4 Å². The van der Waals surface area contributed by atoms with Crippen LogP contribution in [0.3, 0.4) is 0 Å². The van der Waals surface area contributed by atoms with Crippen LogP contribution < -0.4 is 15.0 Å². The number of rotatable bonds is 10. The highest BCUT2D eigenvalue weighted by atomic mass is 32.2. The van der Waals surface area contributed by atoms with E-state index in [1.807, 2.05) is 23.1 Å². The summed E-state index contributed by atoms with van der Waals surface area (Å²) in [5.74, 6) is 1.30. The molecule has 0 bridgehead atoms. The Kier molecular flexibility index (Phi) is 8.61. The maximum absolute atomic E-state index is 13.5. The highest BCUT2D eigenvalue weighted by molar-refractivity contribution is 7.99. The minimum absolute atomic E-state index is 0.0370. The number of hydrogen-bond acceptors (Lipinski definition) is 6. The van der Waals surface area contributed by atoms with Crippen LogP contribution >= 0.6 is 11.8 Å². The fraction of sp³-hybridized carbons (Fsp3) is 0.423. The third-order valence-corrected chi connectivity index (χ3v) is 7.04. The Hall–Kier alpha value is -3.00. The van der Waals surface area contributed by atoms with Gasteiger partial charge in [0.1, 0.15) is 0 Å². The van der Waals surface area contributed by atoms with Crippen molar-refractivity contribution in [3.05, 3.63) is 52.8 Å². The lowest BCUT2D eigenvalue weighted by Gasteiger charge is -2.34. The highest BCUT2D eigenvalue weighted by Gasteiger charge is 2.24. The molecular weight excluding hydrogens is 450 g/mol. The normalized spacial score (nSPS) is 12.9. The smallest absolute Gasteiger partial charge is 0.266 e. The number of fused-ring (bicyclic) bond motifs is 1. The lowest BCUT2D eigenvalue weighted by atomic mass is 10.1. The summed E-state index contributed by atoms with van der Waals surface area (Å²) in [5.41, 5.74) is 0.991. The molecule has 2 aromatic carbocycles. The first kappa shape index (κ1) is 25.6. The first-order valence-electron chi connectivity index (χ1n) is 11.5. The van der Waals surface area contributed by atoms with E-state index in [0.29, 0.717) is 33.2 Å². The van der Waals surface area contributed by atoms with Crippen molar-refractivity contribution in [3.63, 3.8) is 0 Å². The highest BCUT2D eigenvalue weighted by Crippen LogP contribution is 2.31. The zero-order chi connectivity index (χ0) is 24.8. The predicted molar refractivity (Wildman–Crippen MR) is 138 cm³/mol. The molecule has 1 heterocycles. The molecule has 0 saturated carbocycles. The lowest BCUT2D eigenvalue weighted by Crippen LogP contribution is -2.45. The van der Waals surface area contributed by atoms with Crippen LogP contribution in [0.2, 0.25) is 0 Å². The number of nitrogens with zero attached hydrogens (tertiary/aromatic N) is 3. The standard InChI is InChI=1S/C26H33N3O4S/c1-7-17(3)28(18(4)8-2)24(30)16-34-26-27-21-12-10-9-11-20(21)25(31)29(26)19-13-14-22(32-5)23(15-19)33-6/h9-15,17-18H,7-8,16H2,1-6H3/t17-,18-/m0/s1. The molecule has 3 rings (SSSR count). The molecule has 34 heavy (non-hydrogen) atoms. The molecule has 0 aliphatic heterocycles. The Morgan fingerprint density at radius 3 is 2.29 bits per heavy atom. The van der Waals surface area contributed by atoms with Crippen LogP contribution in [0.5, 0.6) is 11.5 Å². The van der Waals surface area contributed by atoms with E-state index in [2.05, 4.69) is 27.7 Å². The average molecular weight is 484 g/mol. The second kappa shape index (κ2) is 11.4. The maximum atomic E-state index is 13.5. The van der Waals surface area contributed by atoms with Crippen LogP contribution in [0, 0.1) is 0 Å². The summed E-state index contributed by atoms with van der Waals surface area (Å²) in [6.45, 7) is 8.31. The number of aromatic nitrogens is 2. The van der Waals surface area contributed by atoms with Crippen LogP contribution in [0.15, 0.2) is 52.4 Å². The van der Waals surface area contributed by atoms with Crippen molar-refractivity contribution in [3.8, 4) is 17.2 Å². The van der Waals surface area contributed by atoms with Crippen molar-refractivity contribution in [1.29, 1.82) is 0 Å². The number of carbonyl (C=O) groups is 1. The van der Waals surface area contributed by atoms with Crippen LogP contribution in [0.25, 0.3) is 16.6 Å². The van der Waals surface area contributed by atoms with E-state index in [1.165, 1.54) is 11.8 Å². The predicted octanol–water partition coefficient (Wildman–Crippen LogP) is 4.92. The monoisotopic (exact) mass is 483 g/mol. The Morgan fingerprint density at radius 1 is 1.03 bits per heavy atom. The fourth-order valence-corrected chi connectivity index (χ4v) is 4.80. The van der Waals surface area contributed by atoms with Gasteiger partial charge in [-0.25, -0.2) is 4.98 Å².